The quantitative estimate of drug-likeness (QED) is 0.318. The Bertz CT molecular complexity index is 1280. The zero-order valence-corrected chi connectivity index (χ0v) is 19.9. The Morgan fingerprint density at radius 3 is 2.51 bits per heavy atom. The van der Waals surface area contributed by atoms with Crippen molar-refractivity contribution in [2.75, 3.05) is 12.8 Å². The normalized spacial score (nSPS) is 14.6. The fourth-order valence-electron chi connectivity index (χ4n) is 3.73. The van der Waals surface area contributed by atoms with Crippen LogP contribution in [0.2, 0.25) is 0 Å². The lowest BCUT2D eigenvalue weighted by molar-refractivity contribution is -0.138. The minimum atomic E-state index is -2.63. The number of hydrogen-bond donors (Lipinski definition) is 2. The molecule has 0 aliphatic heterocycles. The molecule has 35 heavy (non-hydrogen) atoms. The maximum absolute atomic E-state index is 13.6. The third-order valence-corrected chi connectivity index (χ3v) is 6.84. The maximum Gasteiger partial charge on any atom is 0.305 e. The van der Waals surface area contributed by atoms with Gasteiger partial charge in [-0.15, -0.1) is 0 Å². The number of aliphatic hydroxyl groups excluding tert-OH is 1. The SMILES string of the molecule is O=C(O)C[C@H](O)C[PH](=O)OCC#Cc1c(-c2ccc(F)cc2)cc(-c2ccccc2)nc1C1CC1. The average molecular weight is 493 g/mol. The van der Waals surface area contributed by atoms with Crippen LogP contribution in [0.25, 0.3) is 22.4 Å². The summed E-state index contributed by atoms with van der Waals surface area (Å²) in [7, 11) is -2.63. The van der Waals surface area contributed by atoms with Gasteiger partial charge in [-0.1, -0.05) is 54.3 Å². The van der Waals surface area contributed by atoms with Gasteiger partial charge >= 0.3 is 5.97 Å². The summed E-state index contributed by atoms with van der Waals surface area (Å²) >= 11 is 0. The molecule has 180 valence electrons. The van der Waals surface area contributed by atoms with Crippen LogP contribution in [0, 0.1) is 17.7 Å². The first-order valence-corrected chi connectivity index (χ1v) is 12.8. The first kappa shape index (κ1) is 24.8. The van der Waals surface area contributed by atoms with E-state index in [2.05, 4.69) is 11.8 Å². The lowest BCUT2D eigenvalue weighted by atomic mass is 9.95. The molecule has 1 saturated carbocycles. The molecular weight excluding hydrogens is 468 g/mol. The van der Waals surface area contributed by atoms with Crippen LogP contribution in [0.5, 0.6) is 0 Å². The fourth-order valence-corrected chi connectivity index (χ4v) is 4.61. The van der Waals surface area contributed by atoms with Gasteiger partial charge in [0.25, 0.3) is 0 Å². The number of carboxylic acid groups (broad SMARTS) is 1. The van der Waals surface area contributed by atoms with E-state index in [9.17, 15) is 18.9 Å². The number of hydrogen-bond acceptors (Lipinski definition) is 5. The van der Waals surface area contributed by atoms with Gasteiger partial charge in [0.05, 0.1) is 29.5 Å². The Hall–Kier alpha value is -3.30. The van der Waals surface area contributed by atoms with E-state index in [4.69, 9.17) is 14.6 Å². The van der Waals surface area contributed by atoms with E-state index >= 15 is 0 Å². The van der Waals surface area contributed by atoms with E-state index < -0.39 is 26.5 Å². The first-order chi connectivity index (χ1) is 16.9. The number of aromatic nitrogens is 1. The van der Waals surface area contributed by atoms with Gasteiger partial charge in [-0.05, 0) is 36.6 Å². The van der Waals surface area contributed by atoms with Gasteiger partial charge in [-0.25, -0.2) is 4.39 Å². The molecule has 4 rings (SSSR count). The fraction of sp³-hybridized carbons (Fsp3) is 0.259. The van der Waals surface area contributed by atoms with E-state index in [0.717, 1.165) is 46.5 Å². The summed E-state index contributed by atoms with van der Waals surface area (Å²) in [5, 5.41) is 18.3. The number of carbonyl (C=O) groups is 1. The van der Waals surface area contributed by atoms with Gasteiger partial charge in [0, 0.05) is 23.2 Å². The van der Waals surface area contributed by atoms with Gasteiger partial charge in [0.15, 0.2) is 8.03 Å². The molecule has 1 aromatic heterocycles. The van der Waals surface area contributed by atoms with E-state index in [1.807, 2.05) is 36.4 Å². The maximum atomic E-state index is 13.6. The number of rotatable bonds is 9. The lowest BCUT2D eigenvalue weighted by Gasteiger charge is -2.13. The van der Waals surface area contributed by atoms with Gasteiger partial charge < -0.3 is 14.7 Å². The molecule has 0 radical (unpaired) electrons. The number of aliphatic carboxylic acids is 1. The minimum Gasteiger partial charge on any atom is -0.481 e. The van der Waals surface area contributed by atoms with Gasteiger partial charge in [0.1, 0.15) is 12.4 Å². The van der Waals surface area contributed by atoms with Crippen LogP contribution in [0.3, 0.4) is 0 Å². The molecule has 8 heteroatoms. The molecule has 2 aromatic carbocycles. The molecule has 0 bridgehead atoms. The van der Waals surface area contributed by atoms with E-state index in [1.165, 1.54) is 12.1 Å². The Morgan fingerprint density at radius 1 is 1.14 bits per heavy atom. The van der Waals surface area contributed by atoms with Crippen molar-refractivity contribution in [2.24, 2.45) is 0 Å². The first-order valence-electron chi connectivity index (χ1n) is 11.3. The summed E-state index contributed by atoms with van der Waals surface area (Å²) in [6.45, 7) is -0.134. The predicted molar refractivity (Wildman–Crippen MR) is 132 cm³/mol. The second kappa shape index (κ2) is 11.4. The van der Waals surface area contributed by atoms with E-state index in [-0.39, 0.29) is 24.5 Å². The molecule has 1 aliphatic carbocycles. The van der Waals surface area contributed by atoms with Gasteiger partial charge in [-0.3, -0.25) is 14.3 Å². The monoisotopic (exact) mass is 493 g/mol. The topological polar surface area (TPSA) is 96.7 Å². The van der Waals surface area contributed by atoms with Crippen molar-refractivity contribution >= 4 is 14.0 Å². The van der Waals surface area contributed by atoms with Crippen LogP contribution in [-0.2, 0) is 13.9 Å². The van der Waals surface area contributed by atoms with E-state index in [1.54, 1.807) is 12.1 Å². The number of aliphatic hydroxyl groups is 1. The molecule has 1 heterocycles. The summed E-state index contributed by atoms with van der Waals surface area (Å²) in [5.41, 5.74) is 5.03. The standard InChI is InChI=1S/C27H25FNO5P/c28-21-12-10-18(11-13-21)24-16-25(19-5-2-1-3-6-19)29-27(20-8-9-20)23(24)7-4-14-34-35(33)17-22(30)15-26(31)32/h1-3,5-6,10-13,16,20,22,30,35H,8-9,14-15,17H2,(H,31,32)/t22-/m0/s1. The molecule has 1 aliphatic rings. The third-order valence-electron chi connectivity index (χ3n) is 5.57. The number of halogens is 1. The molecule has 1 unspecified atom stereocenters. The number of carboxylic acids is 1. The molecular formula is C27H25FNO5P. The zero-order valence-electron chi connectivity index (χ0n) is 18.9. The van der Waals surface area contributed by atoms with Crippen molar-refractivity contribution in [2.45, 2.75) is 31.3 Å². The van der Waals surface area contributed by atoms with Crippen LogP contribution in [0.1, 0.15) is 36.4 Å². The molecule has 2 N–H and O–H groups in total. The van der Waals surface area contributed by atoms with Crippen molar-refractivity contribution in [1.82, 2.24) is 4.98 Å². The Morgan fingerprint density at radius 2 is 1.86 bits per heavy atom. The molecule has 0 spiro atoms. The molecule has 1 fully saturated rings. The highest BCUT2D eigenvalue weighted by molar-refractivity contribution is 7.39. The van der Waals surface area contributed by atoms with Crippen LogP contribution < -0.4 is 0 Å². The van der Waals surface area contributed by atoms with Crippen molar-refractivity contribution in [3.05, 3.63) is 77.7 Å². The zero-order chi connectivity index (χ0) is 24.8. The predicted octanol–water partition coefficient (Wildman–Crippen LogP) is 5.11. The van der Waals surface area contributed by atoms with Crippen molar-refractivity contribution < 1.29 is 28.5 Å². The largest absolute Gasteiger partial charge is 0.481 e. The van der Waals surface area contributed by atoms with Crippen LogP contribution >= 0.6 is 8.03 Å². The molecule has 0 saturated heterocycles. The van der Waals surface area contributed by atoms with Crippen LogP contribution in [-0.4, -0.2) is 40.0 Å². The van der Waals surface area contributed by atoms with Crippen molar-refractivity contribution in [1.29, 1.82) is 0 Å². The van der Waals surface area contributed by atoms with Gasteiger partial charge in [0.2, 0.25) is 0 Å². The van der Waals surface area contributed by atoms with Crippen LogP contribution in [0.4, 0.5) is 4.39 Å². The summed E-state index contributed by atoms with van der Waals surface area (Å²) < 4.78 is 30.9. The highest BCUT2D eigenvalue weighted by Gasteiger charge is 2.29. The molecule has 2 atom stereocenters. The number of pyridine rings is 1. The summed E-state index contributed by atoms with van der Waals surface area (Å²) in [4.78, 5) is 15.6. The highest BCUT2D eigenvalue weighted by Crippen LogP contribution is 2.43. The van der Waals surface area contributed by atoms with Gasteiger partial charge in [-0.2, -0.15) is 0 Å². The van der Waals surface area contributed by atoms with Crippen molar-refractivity contribution in [3.63, 3.8) is 0 Å². The summed E-state index contributed by atoms with van der Waals surface area (Å²) in [6.07, 6.45) is 0.0628. The average Bonchev–Trinajstić information content (AvgIpc) is 3.67. The second-order valence-electron chi connectivity index (χ2n) is 8.38. The Balaban J connectivity index is 1.64. The number of nitrogens with zero attached hydrogens (tertiary/aromatic N) is 1. The summed E-state index contributed by atoms with van der Waals surface area (Å²) in [6, 6.07) is 18.0. The molecule has 0 amide bonds. The van der Waals surface area contributed by atoms with Crippen molar-refractivity contribution in [3.8, 4) is 34.2 Å². The third kappa shape index (κ3) is 6.86. The van der Waals surface area contributed by atoms with E-state index in [0.29, 0.717) is 0 Å². The van der Waals surface area contributed by atoms with Crippen LogP contribution in [0.15, 0.2) is 60.7 Å². The Kier molecular flexibility index (Phi) is 8.09. The lowest BCUT2D eigenvalue weighted by Crippen LogP contribution is -2.15. The molecule has 6 nitrogen and oxygen atoms in total. The number of benzene rings is 2. The summed E-state index contributed by atoms with van der Waals surface area (Å²) in [5.74, 6) is 4.81. The minimum absolute atomic E-state index is 0.134. The second-order valence-corrected chi connectivity index (χ2v) is 9.82. The smallest absolute Gasteiger partial charge is 0.305 e. The Labute approximate surface area is 203 Å². The highest BCUT2D eigenvalue weighted by atomic mass is 31.1. The molecule has 3 aromatic rings.